The molecule has 2 aliphatic heterocycles. The summed E-state index contributed by atoms with van der Waals surface area (Å²) in [6, 6.07) is 14.7. The Morgan fingerprint density at radius 1 is 1.14 bits per heavy atom. The Balaban J connectivity index is 1.31. The smallest absolute Gasteiger partial charge is 0.317 e. The van der Waals surface area contributed by atoms with Gasteiger partial charge in [-0.3, -0.25) is 4.90 Å². The number of rotatable bonds is 6. The minimum absolute atomic E-state index is 0.0184. The number of aryl methyl sites for hydroxylation is 1. The van der Waals surface area contributed by atoms with E-state index in [9.17, 15) is 4.79 Å². The van der Waals surface area contributed by atoms with Crippen LogP contribution in [0.3, 0.4) is 0 Å². The second kappa shape index (κ2) is 8.69. The van der Waals surface area contributed by atoms with Crippen LogP contribution in [0.1, 0.15) is 36.8 Å². The molecule has 0 bridgehead atoms. The second-order valence-corrected chi connectivity index (χ2v) is 7.84. The fraction of sp³-hybridized carbons (Fsp3) is 0.500. The number of carbonyl (C=O) groups excluding carboxylic acids is 1. The Hall–Kier alpha value is -2.47. The van der Waals surface area contributed by atoms with Gasteiger partial charge in [0.1, 0.15) is 11.5 Å². The third-order valence-corrected chi connectivity index (χ3v) is 5.74. The van der Waals surface area contributed by atoms with E-state index in [1.807, 2.05) is 42.2 Å². The lowest BCUT2D eigenvalue weighted by Crippen LogP contribution is -2.43. The van der Waals surface area contributed by atoms with Gasteiger partial charge in [0.05, 0.1) is 6.04 Å². The number of anilines is 1. The maximum Gasteiger partial charge on any atom is 0.317 e. The second-order valence-electron chi connectivity index (χ2n) is 7.84. The number of furan rings is 1. The third kappa shape index (κ3) is 4.50. The molecule has 4 rings (SSSR count). The molecule has 150 valence electrons. The largest absolute Gasteiger partial charge is 0.465 e. The summed E-state index contributed by atoms with van der Waals surface area (Å²) in [5, 5.41) is 6.67. The maximum absolute atomic E-state index is 12.7. The molecule has 0 unspecified atom stereocenters. The number of para-hydroxylation sites is 1. The molecule has 2 amide bonds. The molecule has 6 nitrogen and oxygen atoms in total. The van der Waals surface area contributed by atoms with Crippen LogP contribution in [-0.4, -0.2) is 54.6 Å². The average molecular weight is 383 g/mol. The number of hydrogen-bond donors (Lipinski definition) is 2. The van der Waals surface area contributed by atoms with Gasteiger partial charge in [0, 0.05) is 31.4 Å². The van der Waals surface area contributed by atoms with Gasteiger partial charge in [0.2, 0.25) is 0 Å². The lowest BCUT2D eigenvalue weighted by atomic mass is 10.2. The van der Waals surface area contributed by atoms with E-state index in [1.165, 1.54) is 12.8 Å². The first-order chi connectivity index (χ1) is 13.7. The van der Waals surface area contributed by atoms with Gasteiger partial charge in [-0.25, -0.2) is 4.79 Å². The average Bonchev–Trinajstić information content (AvgIpc) is 3.45. The van der Waals surface area contributed by atoms with Crippen LogP contribution in [-0.2, 0) is 0 Å². The molecule has 0 saturated carbocycles. The van der Waals surface area contributed by atoms with Crippen LogP contribution in [0.5, 0.6) is 0 Å². The van der Waals surface area contributed by atoms with Gasteiger partial charge >= 0.3 is 6.03 Å². The van der Waals surface area contributed by atoms with Crippen LogP contribution >= 0.6 is 0 Å². The number of hydrogen-bond acceptors (Lipinski definition) is 4. The molecule has 3 heterocycles. The maximum atomic E-state index is 12.7. The molecule has 28 heavy (non-hydrogen) atoms. The summed E-state index contributed by atoms with van der Waals surface area (Å²) in [7, 11) is 0. The number of amides is 2. The zero-order chi connectivity index (χ0) is 19.3. The first kappa shape index (κ1) is 18.9. The van der Waals surface area contributed by atoms with Crippen molar-refractivity contribution in [1.82, 2.24) is 15.1 Å². The van der Waals surface area contributed by atoms with Crippen molar-refractivity contribution < 1.29 is 9.21 Å². The Morgan fingerprint density at radius 3 is 2.64 bits per heavy atom. The zero-order valence-electron chi connectivity index (χ0n) is 16.6. The van der Waals surface area contributed by atoms with Gasteiger partial charge in [0.25, 0.3) is 0 Å². The molecule has 2 saturated heterocycles. The summed E-state index contributed by atoms with van der Waals surface area (Å²) in [6.07, 6.45) is 3.39. The number of benzene rings is 1. The van der Waals surface area contributed by atoms with Gasteiger partial charge in [-0.05, 0) is 63.5 Å². The summed E-state index contributed by atoms with van der Waals surface area (Å²) in [5.41, 5.74) is 1.11. The van der Waals surface area contributed by atoms with Gasteiger partial charge in [0.15, 0.2) is 0 Å². The number of likely N-dealkylation sites (tertiary alicyclic amines) is 2. The molecular formula is C22H30N4O2. The number of urea groups is 1. The Kier molecular flexibility index (Phi) is 5.86. The monoisotopic (exact) mass is 382 g/mol. The highest BCUT2D eigenvalue weighted by Gasteiger charge is 2.29. The van der Waals surface area contributed by atoms with Gasteiger partial charge in [-0.1, -0.05) is 18.2 Å². The van der Waals surface area contributed by atoms with E-state index in [4.69, 9.17) is 4.42 Å². The molecule has 0 aliphatic carbocycles. The van der Waals surface area contributed by atoms with E-state index in [2.05, 4.69) is 27.7 Å². The predicted octanol–water partition coefficient (Wildman–Crippen LogP) is 3.62. The van der Waals surface area contributed by atoms with Crippen molar-refractivity contribution in [2.24, 2.45) is 0 Å². The first-order valence-electron chi connectivity index (χ1n) is 10.3. The van der Waals surface area contributed by atoms with E-state index in [1.54, 1.807) is 0 Å². The molecule has 2 atom stereocenters. The number of nitrogens with one attached hydrogen (secondary N) is 2. The van der Waals surface area contributed by atoms with Crippen LogP contribution in [0.4, 0.5) is 10.5 Å². The van der Waals surface area contributed by atoms with Crippen LogP contribution in [0.15, 0.2) is 46.9 Å². The highest BCUT2D eigenvalue weighted by molar-refractivity contribution is 5.74. The fourth-order valence-corrected chi connectivity index (χ4v) is 4.22. The molecule has 2 fully saturated rings. The normalized spacial score (nSPS) is 21.0. The molecule has 2 aliphatic rings. The van der Waals surface area contributed by atoms with Crippen LogP contribution in [0.25, 0.3) is 0 Å². The molecule has 1 aromatic carbocycles. The van der Waals surface area contributed by atoms with E-state index >= 15 is 0 Å². The van der Waals surface area contributed by atoms with Gasteiger partial charge in [-0.2, -0.15) is 0 Å². The van der Waals surface area contributed by atoms with Crippen molar-refractivity contribution in [2.75, 3.05) is 38.0 Å². The van der Waals surface area contributed by atoms with Crippen molar-refractivity contribution in [3.63, 3.8) is 0 Å². The number of carbonyl (C=O) groups is 1. The van der Waals surface area contributed by atoms with Crippen LogP contribution in [0, 0.1) is 6.92 Å². The Morgan fingerprint density at radius 2 is 1.93 bits per heavy atom. The van der Waals surface area contributed by atoms with Crippen molar-refractivity contribution in [3.8, 4) is 0 Å². The molecular weight excluding hydrogens is 352 g/mol. The minimum atomic E-state index is 0.0184. The zero-order valence-corrected chi connectivity index (χ0v) is 16.6. The molecule has 0 spiro atoms. The van der Waals surface area contributed by atoms with E-state index in [0.717, 1.165) is 49.8 Å². The van der Waals surface area contributed by atoms with Gasteiger partial charge in [-0.15, -0.1) is 0 Å². The number of nitrogens with zero attached hydrogens (tertiary/aromatic N) is 2. The highest BCUT2D eigenvalue weighted by Crippen LogP contribution is 2.26. The quantitative estimate of drug-likeness (QED) is 0.801. The minimum Gasteiger partial charge on any atom is -0.465 e. The fourth-order valence-electron chi connectivity index (χ4n) is 4.22. The van der Waals surface area contributed by atoms with Crippen LogP contribution in [0.2, 0.25) is 0 Å². The Bertz CT molecular complexity index is 770. The third-order valence-electron chi connectivity index (χ3n) is 5.74. The lowest BCUT2D eigenvalue weighted by Gasteiger charge is -2.27. The molecule has 0 radical (unpaired) electrons. The van der Waals surface area contributed by atoms with Crippen molar-refractivity contribution >= 4 is 11.7 Å². The molecule has 2 aromatic rings. The molecule has 2 N–H and O–H groups in total. The standard InChI is InChI=1S/C22H30N4O2/c1-17-9-10-21(28-17)20(25-12-5-6-13-25)15-23-22(27)26-14-11-19(16-26)24-18-7-3-2-4-8-18/h2-4,7-10,19-20,24H,5-6,11-16H2,1H3,(H,23,27)/t19-,20-/m1/s1. The van der Waals surface area contributed by atoms with Crippen molar-refractivity contribution in [2.45, 2.75) is 38.3 Å². The molecule has 6 heteroatoms. The predicted molar refractivity (Wildman–Crippen MR) is 110 cm³/mol. The summed E-state index contributed by atoms with van der Waals surface area (Å²) in [6.45, 7) is 6.19. The SMILES string of the molecule is Cc1ccc([C@@H](CNC(=O)N2CC[C@@H](Nc3ccccc3)C2)N2CCCC2)o1. The van der Waals surface area contributed by atoms with E-state index in [-0.39, 0.29) is 12.1 Å². The summed E-state index contributed by atoms with van der Waals surface area (Å²) in [5.74, 6) is 1.87. The Labute approximate surface area is 166 Å². The van der Waals surface area contributed by atoms with Crippen molar-refractivity contribution in [3.05, 3.63) is 54.0 Å². The van der Waals surface area contributed by atoms with Crippen molar-refractivity contribution in [1.29, 1.82) is 0 Å². The van der Waals surface area contributed by atoms with Crippen LogP contribution < -0.4 is 10.6 Å². The summed E-state index contributed by atoms with van der Waals surface area (Å²) < 4.78 is 5.88. The summed E-state index contributed by atoms with van der Waals surface area (Å²) >= 11 is 0. The topological polar surface area (TPSA) is 60.8 Å². The van der Waals surface area contributed by atoms with E-state index < -0.39 is 0 Å². The molecule has 1 aromatic heterocycles. The lowest BCUT2D eigenvalue weighted by molar-refractivity contribution is 0.187. The van der Waals surface area contributed by atoms with E-state index in [0.29, 0.717) is 12.6 Å². The summed E-state index contributed by atoms with van der Waals surface area (Å²) in [4.78, 5) is 17.1. The van der Waals surface area contributed by atoms with Gasteiger partial charge < -0.3 is 20.0 Å². The highest BCUT2D eigenvalue weighted by atomic mass is 16.3. The first-order valence-corrected chi connectivity index (χ1v) is 10.3.